The van der Waals surface area contributed by atoms with E-state index in [0.29, 0.717) is 43.1 Å². The first kappa shape index (κ1) is 46.7. The molecule has 11 atom stereocenters. The van der Waals surface area contributed by atoms with Crippen molar-refractivity contribution in [3.8, 4) is 0 Å². The van der Waals surface area contributed by atoms with E-state index in [2.05, 4.69) is 75.8 Å². The third-order valence-electron chi connectivity index (χ3n) is 16.5. The monoisotopic (exact) mass is 841 g/mol. The van der Waals surface area contributed by atoms with E-state index < -0.39 is 5.60 Å². The molecular weight excluding hydrogens is 757 g/mol. The summed E-state index contributed by atoms with van der Waals surface area (Å²) >= 11 is 1.92. The number of carbonyl (C=O) groups is 3. The molecule has 4 aliphatic carbocycles. The predicted octanol–water partition coefficient (Wildman–Crippen LogP) is 9.73. The van der Waals surface area contributed by atoms with E-state index >= 15 is 0 Å². The zero-order valence-electron chi connectivity index (χ0n) is 38.6. The van der Waals surface area contributed by atoms with Crippen molar-refractivity contribution in [2.45, 2.75) is 206 Å². The van der Waals surface area contributed by atoms with Gasteiger partial charge < -0.3 is 30.7 Å². The summed E-state index contributed by atoms with van der Waals surface area (Å²) in [5, 5.41) is 12.7. The van der Waals surface area contributed by atoms with E-state index in [1.807, 2.05) is 25.6 Å². The van der Waals surface area contributed by atoms with Gasteiger partial charge in [0.15, 0.2) is 0 Å². The summed E-state index contributed by atoms with van der Waals surface area (Å²) in [6.07, 6.45) is 21.7. The lowest BCUT2D eigenvalue weighted by molar-refractivity contribution is -0.129. The van der Waals surface area contributed by atoms with Crippen LogP contribution in [0.4, 0.5) is 4.79 Å². The molecule has 0 unspecified atom stereocenters. The highest BCUT2D eigenvalue weighted by atomic mass is 32.2. The van der Waals surface area contributed by atoms with Crippen molar-refractivity contribution in [2.24, 2.45) is 46.3 Å². The van der Waals surface area contributed by atoms with Crippen molar-refractivity contribution in [3.63, 3.8) is 0 Å². The average Bonchev–Trinajstić information content (AvgIpc) is 3.83. The van der Waals surface area contributed by atoms with Gasteiger partial charge in [-0.25, -0.2) is 4.79 Å². The molecule has 9 nitrogen and oxygen atoms in total. The third-order valence-corrected chi connectivity index (χ3v) is 18.0. The maximum atomic E-state index is 12.9. The molecule has 4 amide bonds. The van der Waals surface area contributed by atoms with Crippen LogP contribution in [0.1, 0.15) is 171 Å². The fourth-order valence-electron chi connectivity index (χ4n) is 13.0. The van der Waals surface area contributed by atoms with Crippen LogP contribution in [-0.2, 0) is 19.1 Å². The van der Waals surface area contributed by atoms with Gasteiger partial charge in [0.25, 0.3) is 0 Å². The maximum Gasteiger partial charge on any atom is 0.315 e. The highest BCUT2D eigenvalue weighted by Crippen LogP contribution is 2.67. The number of hydrogen-bond donors (Lipinski definition) is 4. The van der Waals surface area contributed by atoms with Gasteiger partial charge in [-0.3, -0.25) is 9.59 Å². The van der Waals surface area contributed by atoms with Crippen LogP contribution in [0.5, 0.6) is 0 Å². The van der Waals surface area contributed by atoms with Gasteiger partial charge in [-0.15, -0.1) is 0 Å². The van der Waals surface area contributed by atoms with E-state index in [4.69, 9.17) is 9.47 Å². The summed E-state index contributed by atoms with van der Waals surface area (Å²) in [6, 6.07) is 0.406. The van der Waals surface area contributed by atoms with Crippen LogP contribution in [0.25, 0.3) is 0 Å². The lowest BCUT2D eigenvalue weighted by atomic mass is 9.47. The van der Waals surface area contributed by atoms with E-state index in [9.17, 15) is 14.4 Å². The fraction of sp³-hybridized carbons (Fsp3) is 0.898. The SMILES string of the molecule is CC(C)CCC[C@@H](C)[C@H]1CC[C@H]2[C@@H]3CC=C4C[C@@H](OCC(=O)NCCC(C)(C)OCCC(C)(C)NC(=O)CCCC[C@@H]5SC[C@@H]6NC(=O)N[C@@H]65)CC[C@]4(C)[C@H]3CC[C@]12C. The molecular formula is C49H84N4O5S. The topological polar surface area (TPSA) is 118 Å². The molecule has 0 aromatic carbocycles. The van der Waals surface area contributed by atoms with Crippen LogP contribution in [0, 0.1) is 46.3 Å². The Morgan fingerprint density at radius 2 is 1.75 bits per heavy atom. The van der Waals surface area contributed by atoms with E-state index in [1.54, 1.807) is 5.57 Å². The van der Waals surface area contributed by atoms with Gasteiger partial charge in [0.1, 0.15) is 6.61 Å². The molecule has 6 rings (SSSR count). The molecule has 0 spiro atoms. The average molecular weight is 841 g/mol. The molecule has 5 fully saturated rings. The van der Waals surface area contributed by atoms with Crippen molar-refractivity contribution in [1.82, 2.24) is 21.3 Å². The van der Waals surface area contributed by atoms with Gasteiger partial charge in [0, 0.05) is 36.1 Å². The molecule has 0 aromatic heterocycles. The number of unbranched alkanes of at least 4 members (excludes halogenated alkanes) is 1. The molecule has 10 heteroatoms. The smallest absolute Gasteiger partial charge is 0.315 e. The number of allylic oxidation sites excluding steroid dienone is 1. The first-order valence-electron chi connectivity index (χ1n) is 24.1. The van der Waals surface area contributed by atoms with Gasteiger partial charge in [-0.05, 0) is 151 Å². The fourth-order valence-corrected chi connectivity index (χ4v) is 14.5. The van der Waals surface area contributed by atoms with E-state index in [0.717, 1.165) is 73.4 Å². The summed E-state index contributed by atoms with van der Waals surface area (Å²) in [4.78, 5) is 37.3. The predicted molar refractivity (Wildman–Crippen MR) is 241 cm³/mol. The molecule has 2 aliphatic heterocycles. The Morgan fingerprint density at radius 1 is 0.949 bits per heavy atom. The van der Waals surface area contributed by atoms with Crippen LogP contribution in [-0.4, -0.2) is 77.9 Å². The second kappa shape index (κ2) is 19.7. The highest BCUT2D eigenvalue weighted by molar-refractivity contribution is 8.00. The Hall–Kier alpha value is -1.78. The Balaban J connectivity index is 0.842. The molecule has 3 saturated carbocycles. The first-order valence-corrected chi connectivity index (χ1v) is 25.2. The second-order valence-electron chi connectivity index (χ2n) is 22.2. The Labute approximate surface area is 363 Å². The number of rotatable bonds is 21. The Morgan fingerprint density at radius 3 is 2.53 bits per heavy atom. The van der Waals surface area contributed by atoms with Gasteiger partial charge in [0.2, 0.25) is 11.8 Å². The van der Waals surface area contributed by atoms with Crippen LogP contribution in [0.2, 0.25) is 0 Å². The van der Waals surface area contributed by atoms with Crippen LogP contribution in [0.15, 0.2) is 11.6 Å². The largest absolute Gasteiger partial charge is 0.375 e. The molecule has 2 saturated heterocycles. The quantitative estimate of drug-likeness (QED) is 0.0520. The summed E-state index contributed by atoms with van der Waals surface area (Å²) in [6.45, 7) is 22.0. The standard InChI is InChI=1S/C49H84N4O5S/c1-32(2)13-12-14-33(3)37-19-20-38-36-18-17-34-29-35(21-23-48(34,8)39(36)22-24-49(37,38)9)57-30-43(55)50-27-25-47(6,7)58-28-26-46(4,5)53-42(54)16-11-10-15-41-44-40(31-59-41)51-45(56)52-44/h17,32-33,35-41,44H,10-16,18-31H2,1-9H3,(H,50,55)(H,53,54)(H2,51,52,56)/t33-,35+,36+,37-,38+,39+,40+,41+,44+,48+,49-/m1/s1. The van der Waals surface area contributed by atoms with Crippen molar-refractivity contribution >= 4 is 29.6 Å². The molecule has 59 heavy (non-hydrogen) atoms. The molecule has 0 bridgehead atoms. The minimum atomic E-state index is -0.402. The molecule has 6 aliphatic rings. The number of nitrogens with one attached hydrogen (secondary N) is 4. The summed E-state index contributed by atoms with van der Waals surface area (Å²) in [5.41, 5.74) is 1.64. The maximum absolute atomic E-state index is 12.9. The number of ether oxygens (including phenoxy) is 2. The number of amides is 4. The van der Waals surface area contributed by atoms with Crippen molar-refractivity contribution in [1.29, 1.82) is 0 Å². The van der Waals surface area contributed by atoms with Crippen molar-refractivity contribution in [2.75, 3.05) is 25.5 Å². The minimum absolute atomic E-state index is 0.0510. The van der Waals surface area contributed by atoms with Crippen LogP contribution in [0.3, 0.4) is 0 Å². The lowest BCUT2D eigenvalue weighted by Gasteiger charge is -2.58. The van der Waals surface area contributed by atoms with Crippen LogP contribution >= 0.6 is 11.8 Å². The van der Waals surface area contributed by atoms with Gasteiger partial charge >= 0.3 is 6.03 Å². The normalized spacial score (nSPS) is 34.5. The Kier molecular flexibility index (Phi) is 15.6. The molecule has 4 N–H and O–H groups in total. The second-order valence-corrected chi connectivity index (χ2v) is 23.5. The summed E-state index contributed by atoms with van der Waals surface area (Å²) in [7, 11) is 0. The minimum Gasteiger partial charge on any atom is -0.375 e. The van der Waals surface area contributed by atoms with Crippen molar-refractivity contribution < 1.29 is 23.9 Å². The number of carbonyl (C=O) groups excluding carboxylic acids is 3. The third kappa shape index (κ3) is 11.6. The Bertz CT molecular complexity index is 1480. The van der Waals surface area contributed by atoms with Gasteiger partial charge in [-0.2, -0.15) is 11.8 Å². The molecule has 2 heterocycles. The van der Waals surface area contributed by atoms with E-state index in [1.165, 1.54) is 57.8 Å². The zero-order chi connectivity index (χ0) is 42.6. The van der Waals surface area contributed by atoms with E-state index in [-0.39, 0.29) is 53.6 Å². The van der Waals surface area contributed by atoms with Gasteiger partial charge in [0.05, 0.1) is 23.8 Å². The van der Waals surface area contributed by atoms with Crippen molar-refractivity contribution in [3.05, 3.63) is 11.6 Å². The molecule has 0 aromatic rings. The molecule has 0 radical (unpaired) electrons. The zero-order valence-corrected chi connectivity index (χ0v) is 39.5. The molecule has 336 valence electrons. The first-order chi connectivity index (χ1) is 27.9. The summed E-state index contributed by atoms with van der Waals surface area (Å²) in [5.74, 6) is 6.04. The van der Waals surface area contributed by atoms with Gasteiger partial charge in [-0.1, -0.05) is 72.0 Å². The number of hydrogen-bond acceptors (Lipinski definition) is 6. The lowest BCUT2D eigenvalue weighted by Crippen LogP contribution is -2.51. The highest BCUT2D eigenvalue weighted by Gasteiger charge is 2.59. The number of urea groups is 1. The van der Waals surface area contributed by atoms with Crippen LogP contribution < -0.4 is 21.3 Å². The number of thioether (sulfide) groups is 1. The number of fused-ring (bicyclic) bond motifs is 6. The summed E-state index contributed by atoms with van der Waals surface area (Å²) < 4.78 is 12.6.